The van der Waals surface area contributed by atoms with Gasteiger partial charge in [0.05, 0.1) is 14.3 Å². The molecule has 0 spiro atoms. The number of halogens is 2. The van der Waals surface area contributed by atoms with E-state index in [9.17, 15) is 25.0 Å². The molecule has 2 aromatic rings. The monoisotopic (exact) mass is 510 g/mol. The number of hydrogen-bond acceptors (Lipinski definition) is 6. The predicted octanol–water partition coefficient (Wildman–Crippen LogP) is 5.38. The Labute approximate surface area is 176 Å². The Hall–Kier alpha value is -2.85. The van der Waals surface area contributed by atoms with Crippen molar-refractivity contribution in [3.05, 3.63) is 88.5 Å². The summed E-state index contributed by atoms with van der Waals surface area (Å²) in [4.78, 5) is 32.8. The lowest BCUT2D eigenvalue weighted by atomic mass is 10.1. The van der Waals surface area contributed by atoms with Crippen LogP contribution in [-0.2, 0) is 4.79 Å². The molecule has 0 aromatic heterocycles. The van der Waals surface area contributed by atoms with Gasteiger partial charge >= 0.3 is 5.97 Å². The van der Waals surface area contributed by atoms with Crippen molar-refractivity contribution in [1.29, 1.82) is 0 Å². The van der Waals surface area contributed by atoms with Crippen LogP contribution in [0.4, 0.5) is 5.69 Å². The zero-order valence-electron chi connectivity index (χ0n) is 14.3. The van der Waals surface area contributed by atoms with E-state index in [-0.39, 0.29) is 17.1 Å². The summed E-state index contributed by atoms with van der Waals surface area (Å²) in [5.74, 6) is -0.638. The molecule has 0 radical (unpaired) electrons. The average Bonchev–Trinajstić information content (AvgIpc) is 2.62. The van der Waals surface area contributed by atoms with Gasteiger partial charge in [0.15, 0.2) is 5.75 Å². The molecule has 0 saturated carbocycles. The number of esters is 1. The molecule has 0 heterocycles. The van der Waals surface area contributed by atoms with E-state index in [1.54, 1.807) is 18.2 Å². The summed E-state index contributed by atoms with van der Waals surface area (Å²) in [6.07, 6.45) is 3.77. The van der Waals surface area contributed by atoms with E-state index < -0.39 is 15.8 Å². The molecule has 28 heavy (non-hydrogen) atoms. The van der Waals surface area contributed by atoms with Gasteiger partial charge in [-0.2, -0.15) is 0 Å². The van der Waals surface area contributed by atoms with Crippen molar-refractivity contribution in [3.63, 3.8) is 0 Å². The summed E-state index contributed by atoms with van der Waals surface area (Å²) < 4.78 is 6.37. The molecule has 2 aromatic carbocycles. The molecule has 0 aliphatic rings. The second kappa shape index (κ2) is 9.38. The van der Waals surface area contributed by atoms with Crippen LogP contribution in [0.15, 0.2) is 57.1 Å². The number of carbonyl (C=O) groups is 1. The van der Waals surface area contributed by atoms with Gasteiger partial charge in [-0.1, -0.05) is 28.1 Å². The van der Waals surface area contributed by atoms with Gasteiger partial charge in [0, 0.05) is 41.2 Å². The standard InChI is InChI=1S/C18H12Br2N2O6/c1-11(21(24)25)7-13-9-14(19)10-16(20)18(13)28-17(23)6-5-12-3-2-4-15(8-12)22(26)27/h2-10H,1H3/b6-5+,11-7+. The van der Waals surface area contributed by atoms with Crippen molar-refractivity contribution in [2.75, 3.05) is 0 Å². The summed E-state index contributed by atoms with van der Waals surface area (Å²) in [6.45, 7) is 1.32. The fourth-order valence-electron chi connectivity index (χ4n) is 2.11. The number of benzene rings is 2. The molecule has 0 unspecified atom stereocenters. The van der Waals surface area contributed by atoms with Gasteiger partial charge in [0.1, 0.15) is 0 Å². The molecule has 2 rings (SSSR count). The second-order valence-corrected chi connectivity index (χ2v) is 7.23. The van der Waals surface area contributed by atoms with E-state index in [1.807, 2.05) is 0 Å². The molecule has 0 amide bonds. The van der Waals surface area contributed by atoms with Gasteiger partial charge in [-0.05, 0) is 39.7 Å². The van der Waals surface area contributed by atoms with Crippen LogP contribution in [-0.4, -0.2) is 15.8 Å². The van der Waals surface area contributed by atoms with E-state index >= 15 is 0 Å². The van der Waals surface area contributed by atoms with Crippen molar-refractivity contribution in [1.82, 2.24) is 0 Å². The second-order valence-electron chi connectivity index (χ2n) is 5.46. The van der Waals surface area contributed by atoms with Crippen LogP contribution < -0.4 is 4.74 Å². The van der Waals surface area contributed by atoms with Crippen molar-refractivity contribution >= 4 is 55.7 Å². The van der Waals surface area contributed by atoms with Crippen molar-refractivity contribution in [3.8, 4) is 5.75 Å². The Bertz CT molecular complexity index is 1020. The summed E-state index contributed by atoms with van der Waals surface area (Å²) in [5, 5.41) is 21.7. The number of ether oxygens (including phenoxy) is 1. The molecule has 0 saturated heterocycles. The zero-order chi connectivity index (χ0) is 20.8. The highest BCUT2D eigenvalue weighted by Gasteiger charge is 2.14. The summed E-state index contributed by atoms with van der Waals surface area (Å²) in [6, 6.07) is 8.95. The zero-order valence-corrected chi connectivity index (χ0v) is 17.5. The van der Waals surface area contributed by atoms with Crippen molar-refractivity contribution < 1.29 is 19.4 Å². The molecule has 0 aliphatic heterocycles. The molecular formula is C18H12Br2N2O6. The Balaban J connectivity index is 2.28. The van der Waals surface area contributed by atoms with Crippen LogP contribution in [0.2, 0.25) is 0 Å². The van der Waals surface area contributed by atoms with Gasteiger partial charge in [-0.15, -0.1) is 0 Å². The number of non-ortho nitro benzene ring substituents is 1. The molecule has 10 heteroatoms. The number of rotatable bonds is 6. The number of nitro benzene ring substituents is 1. The van der Waals surface area contributed by atoms with Gasteiger partial charge in [-0.25, -0.2) is 4.79 Å². The fourth-order valence-corrected chi connectivity index (χ4v) is 3.45. The highest BCUT2D eigenvalue weighted by atomic mass is 79.9. The third kappa shape index (κ3) is 5.83. The van der Waals surface area contributed by atoms with Crippen molar-refractivity contribution in [2.45, 2.75) is 6.92 Å². The molecule has 0 fully saturated rings. The number of allylic oxidation sites excluding steroid dienone is 1. The van der Waals surface area contributed by atoms with E-state index in [2.05, 4.69) is 31.9 Å². The highest BCUT2D eigenvalue weighted by Crippen LogP contribution is 2.34. The van der Waals surface area contributed by atoms with Gasteiger partial charge < -0.3 is 4.74 Å². The molecule has 144 valence electrons. The normalized spacial score (nSPS) is 11.5. The summed E-state index contributed by atoms with van der Waals surface area (Å²) in [5.41, 5.74) is 0.543. The number of hydrogen-bond donors (Lipinski definition) is 0. The Morgan fingerprint density at radius 2 is 1.86 bits per heavy atom. The number of nitrogens with zero attached hydrogens (tertiary/aromatic N) is 2. The average molecular weight is 512 g/mol. The molecule has 0 bridgehead atoms. The predicted molar refractivity (Wildman–Crippen MR) is 110 cm³/mol. The van der Waals surface area contributed by atoms with E-state index in [1.165, 1.54) is 37.3 Å². The third-order valence-electron chi connectivity index (χ3n) is 3.39. The first kappa shape index (κ1) is 21.5. The molecule has 0 atom stereocenters. The highest BCUT2D eigenvalue weighted by molar-refractivity contribution is 9.11. The first-order valence-electron chi connectivity index (χ1n) is 7.63. The molecular weight excluding hydrogens is 500 g/mol. The lowest BCUT2D eigenvalue weighted by molar-refractivity contribution is -0.422. The first-order valence-corrected chi connectivity index (χ1v) is 9.22. The molecule has 0 N–H and O–H groups in total. The van der Waals surface area contributed by atoms with Gasteiger partial charge in [0.2, 0.25) is 5.70 Å². The lowest BCUT2D eigenvalue weighted by Crippen LogP contribution is -2.06. The van der Waals surface area contributed by atoms with Crippen LogP contribution in [0.5, 0.6) is 5.75 Å². The van der Waals surface area contributed by atoms with E-state index in [4.69, 9.17) is 4.74 Å². The first-order chi connectivity index (χ1) is 13.2. The summed E-state index contributed by atoms with van der Waals surface area (Å²) >= 11 is 6.55. The largest absolute Gasteiger partial charge is 0.422 e. The SMILES string of the molecule is C/C(=C\c1cc(Br)cc(Br)c1OC(=O)/C=C/c1cccc([N+](=O)[O-])c1)[N+](=O)[O-]. The van der Waals surface area contributed by atoms with E-state index in [0.717, 1.165) is 6.08 Å². The third-order valence-corrected chi connectivity index (χ3v) is 4.43. The summed E-state index contributed by atoms with van der Waals surface area (Å²) in [7, 11) is 0. The number of nitro groups is 2. The maximum absolute atomic E-state index is 12.2. The quantitative estimate of drug-likeness (QED) is 0.169. The van der Waals surface area contributed by atoms with Crippen LogP contribution in [0, 0.1) is 20.2 Å². The van der Waals surface area contributed by atoms with Crippen molar-refractivity contribution in [2.24, 2.45) is 0 Å². The minimum absolute atomic E-state index is 0.103. The maximum Gasteiger partial charge on any atom is 0.336 e. The number of carbonyl (C=O) groups excluding carboxylic acids is 1. The smallest absolute Gasteiger partial charge is 0.336 e. The Morgan fingerprint density at radius 1 is 1.14 bits per heavy atom. The fraction of sp³-hybridized carbons (Fsp3) is 0.0556. The van der Waals surface area contributed by atoms with Crippen LogP contribution in [0.3, 0.4) is 0 Å². The molecule has 8 nitrogen and oxygen atoms in total. The minimum atomic E-state index is -0.747. The maximum atomic E-state index is 12.2. The molecule has 0 aliphatic carbocycles. The Kier molecular flexibility index (Phi) is 7.18. The van der Waals surface area contributed by atoms with E-state index in [0.29, 0.717) is 20.1 Å². The van der Waals surface area contributed by atoms with Crippen LogP contribution in [0.1, 0.15) is 18.1 Å². The topological polar surface area (TPSA) is 113 Å². The van der Waals surface area contributed by atoms with Gasteiger partial charge in [0.25, 0.3) is 5.69 Å². The lowest BCUT2D eigenvalue weighted by Gasteiger charge is -2.09. The van der Waals surface area contributed by atoms with Crippen LogP contribution in [0.25, 0.3) is 12.2 Å². The van der Waals surface area contributed by atoms with Crippen LogP contribution >= 0.6 is 31.9 Å². The Morgan fingerprint density at radius 3 is 2.50 bits per heavy atom. The van der Waals surface area contributed by atoms with Gasteiger partial charge in [-0.3, -0.25) is 20.2 Å². The minimum Gasteiger partial charge on any atom is -0.422 e.